The van der Waals surface area contributed by atoms with E-state index in [1.165, 1.54) is 0 Å². The van der Waals surface area contributed by atoms with Gasteiger partial charge < -0.3 is 25.2 Å². The molecule has 2 amide bonds. The lowest BCUT2D eigenvalue weighted by Gasteiger charge is -2.22. The van der Waals surface area contributed by atoms with E-state index in [4.69, 9.17) is 9.47 Å². The molecule has 0 bridgehead atoms. The van der Waals surface area contributed by atoms with Gasteiger partial charge in [0.05, 0.1) is 6.42 Å². The van der Waals surface area contributed by atoms with Gasteiger partial charge in [-0.3, -0.25) is 9.59 Å². The third-order valence-electron chi connectivity index (χ3n) is 4.76. The molecule has 0 heterocycles. The van der Waals surface area contributed by atoms with Crippen LogP contribution < -0.4 is 10.6 Å². The summed E-state index contributed by atoms with van der Waals surface area (Å²) < 4.78 is 10.3. The van der Waals surface area contributed by atoms with E-state index in [-0.39, 0.29) is 25.6 Å². The number of carboxylic acid groups (broad SMARTS) is 1. The number of benzene rings is 2. The third kappa shape index (κ3) is 9.72. The average molecular weight is 471 g/mol. The van der Waals surface area contributed by atoms with E-state index in [9.17, 15) is 24.3 Å². The molecular weight excluding hydrogens is 440 g/mol. The van der Waals surface area contributed by atoms with Crippen LogP contribution in [-0.2, 0) is 37.1 Å². The van der Waals surface area contributed by atoms with E-state index in [2.05, 4.69) is 10.6 Å². The maximum absolute atomic E-state index is 12.8. The first-order valence-electron chi connectivity index (χ1n) is 10.9. The number of carbonyl (C=O) groups is 4. The van der Waals surface area contributed by atoms with Gasteiger partial charge in [0.25, 0.3) is 0 Å². The van der Waals surface area contributed by atoms with Crippen LogP contribution >= 0.6 is 0 Å². The maximum atomic E-state index is 12.8. The normalized spacial score (nSPS) is 12.3. The largest absolute Gasteiger partial charge is 0.480 e. The summed E-state index contributed by atoms with van der Waals surface area (Å²) in [4.78, 5) is 48.8. The van der Waals surface area contributed by atoms with Gasteiger partial charge in [-0.1, -0.05) is 74.5 Å². The lowest BCUT2D eigenvalue weighted by atomic mass is 10.0. The van der Waals surface area contributed by atoms with E-state index < -0.39 is 42.4 Å². The minimum absolute atomic E-state index is 0.00918. The van der Waals surface area contributed by atoms with Crippen molar-refractivity contribution < 1.29 is 33.8 Å². The van der Waals surface area contributed by atoms with Crippen LogP contribution in [0.15, 0.2) is 60.7 Å². The van der Waals surface area contributed by atoms with E-state index in [1.54, 1.807) is 36.4 Å². The van der Waals surface area contributed by atoms with Gasteiger partial charge in [0, 0.05) is 0 Å². The van der Waals surface area contributed by atoms with Gasteiger partial charge in [-0.2, -0.15) is 0 Å². The second-order valence-electron chi connectivity index (χ2n) is 8.14. The first kappa shape index (κ1) is 26.4. The van der Waals surface area contributed by atoms with Gasteiger partial charge >= 0.3 is 18.0 Å². The summed E-state index contributed by atoms with van der Waals surface area (Å²) in [6, 6.07) is 15.4. The highest BCUT2D eigenvalue weighted by Crippen LogP contribution is 2.09. The average Bonchev–Trinajstić information content (AvgIpc) is 2.81. The molecule has 0 spiro atoms. The van der Waals surface area contributed by atoms with Crippen molar-refractivity contribution in [3.63, 3.8) is 0 Å². The number of rotatable bonds is 12. The fourth-order valence-electron chi connectivity index (χ4n) is 3.05. The first-order valence-corrected chi connectivity index (χ1v) is 10.9. The van der Waals surface area contributed by atoms with Gasteiger partial charge in [0.1, 0.15) is 25.3 Å². The Morgan fingerprint density at radius 3 is 1.82 bits per heavy atom. The number of hydrogen-bond donors (Lipinski definition) is 3. The van der Waals surface area contributed by atoms with E-state index in [0.29, 0.717) is 0 Å². The summed E-state index contributed by atoms with van der Waals surface area (Å²) in [6.45, 7) is 3.72. The lowest BCUT2D eigenvalue weighted by molar-refractivity contribution is -0.151. The summed E-state index contributed by atoms with van der Waals surface area (Å²) in [5, 5.41) is 14.3. The summed E-state index contributed by atoms with van der Waals surface area (Å²) in [5.74, 6) is -2.87. The topological polar surface area (TPSA) is 131 Å². The zero-order valence-corrected chi connectivity index (χ0v) is 19.2. The molecule has 0 unspecified atom stereocenters. The maximum Gasteiger partial charge on any atom is 0.408 e. The Kier molecular flexibility index (Phi) is 10.6. The van der Waals surface area contributed by atoms with Gasteiger partial charge in [0.2, 0.25) is 5.91 Å². The molecule has 0 radical (unpaired) electrons. The fraction of sp³-hybridized carbons (Fsp3) is 0.360. The van der Waals surface area contributed by atoms with Crippen LogP contribution in [0.4, 0.5) is 4.79 Å². The van der Waals surface area contributed by atoms with Gasteiger partial charge in [0.15, 0.2) is 0 Å². The monoisotopic (exact) mass is 470 g/mol. The van der Waals surface area contributed by atoms with Crippen LogP contribution in [-0.4, -0.2) is 41.1 Å². The van der Waals surface area contributed by atoms with Crippen molar-refractivity contribution in [1.29, 1.82) is 0 Å². The summed E-state index contributed by atoms with van der Waals surface area (Å²) >= 11 is 0. The zero-order valence-electron chi connectivity index (χ0n) is 19.2. The molecule has 182 valence electrons. The second-order valence-corrected chi connectivity index (χ2v) is 8.14. The number of amides is 2. The van der Waals surface area contributed by atoms with E-state index >= 15 is 0 Å². The Morgan fingerprint density at radius 1 is 0.794 bits per heavy atom. The number of ether oxygens (including phenoxy) is 2. The van der Waals surface area contributed by atoms with Gasteiger partial charge in [-0.25, -0.2) is 9.59 Å². The number of hydrogen-bond acceptors (Lipinski definition) is 6. The third-order valence-corrected chi connectivity index (χ3v) is 4.76. The van der Waals surface area contributed by atoms with Crippen LogP contribution in [0.1, 0.15) is 37.8 Å². The predicted molar refractivity (Wildman–Crippen MR) is 123 cm³/mol. The highest BCUT2D eigenvalue weighted by molar-refractivity contribution is 5.91. The molecule has 3 N–H and O–H groups in total. The van der Waals surface area contributed by atoms with E-state index in [1.807, 2.05) is 38.1 Å². The Bertz CT molecular complexity index is 948. The number of alkyl carbamates (subject to hydrolysis) is 1. The zero-order chi connectivity index (χ0) is 24.9. The van der Waals surface area contributed by atoms with Crippen LogP contribution in [0.25, 0.3) is 0 Å². The number of nitrogens with one attached hydrogen (secondary N) is 2. The van der Waals surface area contributed by atoms with Crippen LogP contribution in [0.5, 0.6) is 0 Å². The predicted octanol–water partition coefficient (Wildman–Crippen LogP) is 3.03. The Morgan fingerprint density at radius 2 is 1.32 bits per heavy atom. The van der Waals surface area contributed by atoms with Crippen molar-refractivity contribution in [3.05, 3.63) is 71.8 Å². The summed E-state index contributed by atoms with van der Waals surface area (Å²) in [7, 11) is 0. The molecule has 2 aromatic rings. The van der Waals surface area contributed by atoms with Gasteiger partial charge in [-0.15, -0.1) is 0 Å². The molecule has 2 rings (SSSR count). The fourth-order valence-corrected chi connectivity index (χ4v) is 3.05. The number of carbonyl (C=O) groups excluding carboxylic acids is 3. The molecule has 2 atom stereocenters. The number of carboxylic acids is 1. The molecule has 0 saturated heterocycles. The summed E-state index contributed by atoms with van der Waals surface area (Å²) in [6.07, 6.45) is -1.11. The number of esters is 1. The SMILES string of the molecule is CC(C)C[C@H](NC(=O)OCc1ccccc1)C(=O)N[C@@H](CC(=O)OCc1ccccc1)C(=O)O. The summed E-state index contributed by atoms with van der Waals surface area (Å²) in [5.41, 5.74) is 1.53. The number of aliphatic carboxylic acids is 1. The molecule has 34 heavy (non-hydrogen) atoms. The Labute approximate surface area is 198 Å². The van der Waals surface area contributed by atoms with Crippen LogP contribution in [0.2, 0.25) is 0 Å². The molecule has 0 saturated carbocycles. The van der Waals surface area contributed by atoms with Crippen molar-refractivity contribution in [1.82, 2.24) is 10.6 Å². The van der Waals surface area contributed by atoms with Crippen molar-refractivity contribution in [2.45, 2.75) is 52.0 Å². The van der Waals surface area contributed by atoms with Gasteiger partial charge in [-0.05, 0) is 23.5 Å². The minimum Gasteiger partial charge on any atom is -0.480 e. The van der Waals surface area contributed by atoms with E-state index in [0.717, 1.165) is 11.1 Å². The molecule has 0 aliphatic heterocycles. The molecule has 2 aromatic carbocycles. The molecule has 0 aromatic heterocycles. The molecule has 9 nitrogen and oxygen atoms in total. The quantitative estimate of drug-likeness (QED) is 0.406. The van der Waals surface area contributed by atoms with Crippen molar-refractivity contribution in [2.24, 2.45) is 5.92 Å². The smallest absolute Gasteiger partial charge is 0.408 e. The highest BCUT2D eigenvalue weighted by atomic mass is 16.5. The van der Waals surface area contributed by atoms with Crippen LogP contribution in [0, 0.1) is 5.92 Å². The standard InChI is InChI=1S/C25H30N2O7/c1-17(2)13-20(27-25(32)34-16-19-11-7-4-8-12-19)23(29)26-21(24(30)31)14-22(28)33-15-18-9-5-3-6-10-18/h3-12,17,20-21H,13-16H2,1-2H3,(H,26,29)(H,27,32)(H,30,31)/t20-,21-/m0/s1. The Balaban J connectivity index is 1.92. The Hall–Kier alpha value is -3.88. The molecular formula is C25H30N2O7. The molecule has 0 fully saturated rings. The lowest BCUT2D eigenvalue weighted by Crippen LogP contribution is -2.52. The molecule has 0 aliphatic carbocycles. The van der Waals surface area contributed by atoms with Crippen molar-refractivity contribution in [3.8, 4) is 0 Å². The van der Waals surface area contributed by atoms with Crippen molar-refractivity contribution >= 4 is 23.9 Å². The van der Waals surface area contributed by atoms with Crippen molar-refractivity contribution in [2.75, 3.05) is 0 Å². The highest BCUT2D eigenvalue weighted by Gasteiger charge is 2.29. The molecule has 0 aliphatic rings. The second kappa shape index (κ2) is 13.6. The minimum atomic E-state index is -1.51. The molecule has 9 heteroatoms. The first-order chi connectivity index (χ1) is 16.2. The van der Waals surface area contributed by atoms with Crippen LogP contribution in [0.3, 0.4) is 0 Å².